The zero-order valence-electron chi connectivity index (χ0n) is 10.5. The maximum absolute atomic E-state index is 12.4. The number of piperidine rings is 1. The summed E-state index contributed by atoms with van der Waals surface area (Å²) in [6.45, 7) is 3.81. The summed E-state index contributed by atoms with van der Waals surface area (Å²) in [5.41, 5.74) is 0.403. The van der Waals surface area contributed by atoms with Crippen LogP contribution in [0.15, 0.2) is 18.3 Å². The monoisotopic (exact) mass is 267 g/mol. The Morgan fingerprint density at radius 3 is 3.00 bits per heavy atom. The Morgan fingerprint density at radius 2 is 2.44 bits per heavy atom. The van der Waals surface area contributed by atoms with E-state index in [1.165, 1.54) is 0 Å². The highest BCUT2D eigenvalue weighted by Gasteiger charge is 2.37. The molecule has 1 aromatic rings. The number of nitrogens with one attached hydrogen (secondary N) is 2. The van der Waals surface area contributed by atoms with E-state index >= 15 is 0 Å². The lowest BCUT2D eigenvalue weighted by Gasteiger charge is -2.35. The van der Waals surface area contributed by atoms with Gasteiger partial charge in [0.25, 0.3) is 0 Å². The molecule has 0 saturated carbocycles. The molecule has 2 heterocycles. The second-order valence-electron chi connectivity index (χ2n) is 4.74. The largest absolute Gasteiger partial charge is 0.324 e. The Hall–Kier alpha value is -1.13. The molecule has 1 aliphatic heterocycles. The molecule has 0 bridgehead atoms. The Bertz CT molecular complexity index is 413. The van der Waals surface area contributed by atoms with Crippen molar-refractivity contribution in [3.63, 3.8) is 0 Å². The zero-order chi connectivity index (χ0) is 13.0. The molecule has 98 valence electrons. The van der Waals surface area contributed by atoms with Crippen LogP contribution in [0.3, 0.4) is 0 Å². The lowest BCUT2D eigenvalue weighted by molar-refractivity contribution is -0.126. The molecule has 1 unspecified atom stereocenters. The first-order chi connectivity index (χ1) is 8.66. The van der Waals surface area contributed by atoms with E-state index in [1.54, 1.807) is 18.3 Å². The maximum Gasteiger partial charge on any atom is 0.231 e. The van der Waals surface area contributed by atoms with Crippen LogP contribution in [-0.2, 0) is 4.79 Å². The molecule has 0 aromatic carbocycles. The van der Waals surface area contributed by atoms with Gasteiger partial charge < -0.3 is 10.6 Å². The number of anilines is 1. The van der Waals surface area contributed by atoms with Crippen LogP contribution >= 0.6 is 11.6 Å². The van der Waals surface area contributed by atoms with E-state index in [1.807, 2.05) is 0 Å². The molecule has 0 radical (unpaired) electrons. The van der Waals surface area contributed by atoms with Crippen molar-refractivity contribution in [3.05, 3.63) is 23.5 Å². The number of hydrogen-bond donors (Lipinski definition) is 2. The fraction of sp³-hybridized carbons (Fsp3) is 0.538. The van der Waals surface area contributed by atoms with Crippen LogP contribution in [0.2, 0.25) is 5.15 Å². The van der Waals surface area contributed by atoms with Gasteiger partial charge in [-0.1, -0.05) is 18.5 Å². The molecule has 2 N–H and O–H groups in total. The number of carbonyl (C=O) groups is 1. The average Bonchev–Trinajstić information content (AvgIpc) is 2.42. The molecule has 0 spiro atoms. The minimum atomic E-state index is -0.294. The molecule has 0 aliphatic carbocycles. The summed E-state index contributed by atoms with van der Waals surface area (Å²) in [6.07, 6.45) is 4.40. The number of nitrogens with zero attached hydrogens (tertiary/aromatic N) is 1. The third-order valence-corrected chi connectivity index (χ3v) is 3.84. The summed E-state index contributed by atoms with van der Waals surface area (Å²) in [5, 5.41) is 6.66. The van der Waals surface area contributed by atoms with Gasteiger partial charge >= 0.3 is 0 Å². The fourth-order valence-electron chi connectivity index (χ4n) is 2.34. The quantitative estimate of drug-likeness (QED) is 0.827. The van der Waals surface area contributed by atoms with Crippen LogP contribution in [0.5, 0.6) is 0 Å². The van der Waals surface area contributed by atoms with E-state index in [9.17, 15) is 4.79 Å². The van der Waals surface area contributed by atoms with E-state index in [0.717, 1.165) is 32.4 Å². The number of amides is 1. The van der Waals surface area contributed by atoms with Crippen molar-refractivity contribution in [1.82, 2.24) is 10.3 Å². The van der Waals surface area contributed by atoms with Crippen molar-refractivity contribution in [3.8, 4) is 0 Å². The predicted molar refractivity (Wildman–Crippen MR) is 72.7 cm³/mol. The van der Waals surface area contributed by atoms with Gasteiger partial charge in [0.05, 0.1) is 17.3 Å². The van der Waals surface area contributed by atoms with Gasteiger partial charge in [-0.05, 0) is 37.9 Å². The van der Waals surface area contributed by atoms with E-state index in [0.29, 0.717) is 10.8 Å². The molecule has 1 atom stereocenters. The van der Waals surface area contributed by atoms with Gasteiger partial charge in [-0.15, -0.1) is 0 Å². The van der Waals surface area contributed by atoms with E-state index in [2.05, 4.69) is 22.5 Å². The summed E-state index contributed by atoms with van der Waals surface area (Å²) in [7, 11) is 0. The normalized spacial score (nSPS) is 23.7. The van der Waals surface area contributed by atoms with E-state index in [-0.39, 0.29) is 11.3 Å². The molecule has 5 heteroatoms. The van der Waals surface area contributed by atoms with Gasteiger partial charge in [0, 0.05) is 6.54 Å². The topological polar surface area (TPSA) is 54.0 Å². The van der Waals surface area contributed by atoms with Gasteiger partial charge in [-0.25, -0.2) is 4.98 Å². The van der Waals surface area contributed by atoms with Crippen LogP contribution in [0.4, 0.5) is 5.69 Å². The first kappa shape index (κ1) is 13.3. The summed E-state index contributed by atoms with van der Waals surface area (Å²) >= 11 is 5.72. The first-order valence-electron chi connectivity index (χ1n) is 6.30. The molecule has 18 heavy (non-hydrogen) atoms. The predicted octanol–water partition coefficient (Wildman–Crippen LogP) is 2.45. The van der Waals surface area contributed by atoms with Gasteiger partial charge in [0.1, 0.15) is 5.15 Å². The number of aromatic nitrogens is 1. The fourth-order valence-corrected chi connectivity index (χ4v) is 2.45. The van der Waals surface area contributed by atoms with Crippen molar-refractivity contribution >= 4 is 23.2 Å². The molecule has 4 nitrogen and oxygen atoms in total. The molecular weight excluding hydrogens is 250 g/mol. The third-order valence-electron chi connectivity index (χ3n) is 3.62. The molecule has 1 fully saturated rings. The Labute approximate surface area is 112 Å². The summed E-state index contributed by atoms with van der Waals surface area (Å²) < 4.78 is 0. The molecule has 1 saturated heterocycles. The lowest BCUT2D eigenvalue weighted by atomic mass is 9.77. The van der Waals surface area contributed by atoms with Crippen LogP contribution < -0.4 is 10.6 Å². The van der Waals surface area contributed by atoms with E-state index < -0.39 is 0 Å². The van der Waals surface area contributed by atoms with Gasteiger partial charge in [-0.2, -0.15) is 0 Å². The summed E-state index contributed by atoms with van der Waals surface area (Å²) in [5.74, 6) is 0.0707. The van der Waals surface area contributed by atoms with Gasteiger partial charge in [0.15, 0.2) is 0 Å². The smallest absolute Gasteiger partial charge is 0.231 e. The van der Waals surface area contributed by atoms with Gasteiger partial charge in [0.2, 0.25) is 5.91 Å². The second kappa shape index (κ2) is 5.67. The van der Waals surface area contributed by atoms with Crippen molar-refractivity contribution in [2.24, 2.45) is 5.41 Å². The Kier molecular flexibility index (Phi) is 4.19. The number of rotatable bonds is 3. The zero-order valence-corrected chi connectivity index (χ0v) is 11.3. The number of halogens is 1. The standard InChI is InChI=1S/C13H18ClN3O/c1-2-13(6-3-7-15-9-13)12(18)17-10-4-5-11(14)16-8-10/h4-5,8,15H,2-3,6-7,9H2,1H3,(H,17,18). The maximum atomic E-state index is 12.4. The van der Waals surface area contributed by atoms with Crippen LogP contribution in [0.25, 0.3) is 0 Å². The Morgan fingerprint density at radius 1 is 1.61 bits per heavy atom. The molecule has 2 rings (SSSR count). The number of carbonyl (C=O) groups excluding carboxylic acids is 1. The lowest BCUT2D eigenvalue weighted by Crippen LogP contribution is -2.47. The van der Waals surface area contributed by atoms with Gasteiger partial charge in [-0.3, -0.25) is 4.79 Å². The minimum Gasteiger partial charge on any atom is -0.324 e. The first-order valence-corrected chi connectivity index (χ1v) is 6.68. The van der Waals surface area contributed by atoms with Crippen molar-refractivity contribution < 1.29 is 4.79 Å². The minimum absolute atomic E-state index is 0.0707. The SMILES string of the molecule is CCC1(C(=O)Nc2ccc(Cl)nc2)CCCNC1. The summed E-state index contributed by atoms with van der Waals surface area (Å²) in [6, 6.07) is 3.45. The van der Waals surface area contributed by atoms with Crippen LogP contribution in [-0.4, -0.2) is 24.0 Å². The molecule has 1 amide bonds. The molecule has 1 aliphatic rings. The molecule has 1 aromatic heterocycles. The van der Waals surface area contributed by atoms with Crippen LogP contribution in [0, 0.1) is 5.41 Å². The number of pyridine rings is 1. The van der Waals surface area contributed by atoms with Crippen molar-refractivity contribution in [1.29, 1.82) is 0 Å². The second-order valence-corrected chi connectivity index (χ2v) is 5.13. The highest BCUT2D eigenvalue weighted by atomic mass is 35.5. The highest BCUT2D eigenvalue weighted by Crippen LogP contribution is 2.31. The van der Waals surface area contributed by atoms with Crippen LogP contribution in [0.1, 0.15) is 26.2 Å². The highest BCUT2D eigenvalue weighted by molar-refractivity contribution is 6.29. The van der Waals surface area contributed by atoms with Crippen molar-refractivity contribution in [2.45, 2.75) is 26.2 Å². The average molecular weight is 268 g/mol. The number of hydrogen-bond acceptors (Lipinski definition) is 3. The molecular formula is C13H18ClN3O. The Balaban J connectivity index is 2.07. The van der Waals surface area contributed by atoms with Crippen molar-refractivity contribution in [2.75, 3.05) is 18.4 Å². The summed E-state index contributed by atoms with van der Waals surface area (Å²) in [4.78, 5) is 16.4. The van der Waals surface area contributed by atoms with E-state index in [4.69, 9.17) is 11.6 Å². The third kappa shape index (κ3) is 2.82.